The molecule has 1 aromatic carbocycles. The number of aromatic carboxylic acids is 1. The molecule has 2 aromatic rings. The van der Waals surface area contributed by atoms with Crippen molar-refractivity contribution in [2.45, 2.75) is 33.4 Å². The molecule has 0 aliphatic rings. The van der Waals surface area contributed by atoms with Crippen LogP contribution in [0.5, 0.6) is 5.75 Å². The first-order valence-corrected chi connectivity index (χ1v) is 8.85. The summed E-state index contributed by atoms with van der Waals surface area (Å²) < 4.78 is 10.7. The SMILES string of the molecule is Cc1oc(CNC(=O)C(NC(=O)COc2ccccc2)C(C)C)cc1C(=O)O. The van der Waals surface area contributed by atoms with Crippen LogP contribution in [0.4, 0.5) is 0 Å². The molecule has 0 aliphatic carbocycles. The molecule has 8 heteroatoms. The fraction of sp³-hybridized carbons (Fsp3) is 0.350. The number of carboxylic acids is 1. The van der Waals surface area contributed by atoms with Crippen molar-refractivity contribution < 1.29 is 28.6 Å². The Bertz CT molecular complexity index is 828. The molecule has 2 amide bonds. The summed E-state index contributed by atoms with van der Waals surface area (Å²) in [5.41, 5.74) is 0.0519. The van der Waals surface area contributed by atoms with Crippen molar-refractivity contribution in [3.05, 3.63) is 53.5 Å². The molecular weight excluding hydrogens is 364 g/mol. The number of para-hydroxylation sites is 1. The lowest BCUT2D eigenvalue weighted by atomic mass is 10.0. The Labute approximate surface area is 162 Å². The molecule has 150 valence electrons. The molecule has 0 fully saturated rings. The molecule has 0 saturated carbocycles. The topological polar surface area (TPSA) is 118 Å². The number of hydrogen-bond acceptors (Lipinski definition) is 5. The summed E-state index contributed by atoms with van der Waals surface area (Å²) in [6, 6.07) is 9.50. The van der Waals surface area contributed by atoms with E-state index in [2.05, 4.69) is 10.6 Å². The van der Waals surface area contributed by atoms with Gasteiger partial charge in [-0.1, -0.05) is 32.0 Å². The van der Waals surface area contributed by atoms with Gasteiger partial charge in [0.25, 0.3) is 5.91 Å². The zero-order valence-electron chi connectivity index (χ0n) is 16.0. The highest BCUT2D eigenvalue weighted by atomic mass is 16.5. The van der Waals surface area contributed by atoms with Gasteiger partial charge in [-0.2, -0.15) is 0 Å². The zero-order valence-corrected chi connectivity index (χ0v) is 16.0. The van der Waals surface area contributed by atoms with Crippen molar-refractivity contribution in [2.75, 3.05) is 6.61 Å². The van der Waals surface area contributed by atoms with Crippen LogP contribution in [0.2, 0.25) is 0 Å². The van der Waals surface area contributed by atoms with Gasteiger partial charge in [-0.05, 0) is 31.0 Å². The molecule has 3 N–H and O–H groups in total. The first kappa shape index (κ1) is 21.0. The summed E-state index contributed by atoms with van der Waals surface area (Å²) in [4.78, 5) is 35.7. The van der Waals surface area contributed by atoms with E-state index in [1.165, 1.54) is 6.07 Å². The van der Waals surface area contributed by atoms with Crippen LogP contribution in [0.1, 0.15) is 35.7 Å². The Kier molecular flexibility index (Phi) is 7.20. The van der Waals surface area contributed by atoms with Gasteiger partial charge in [0.15, 0.2) is 6.61 Å². The third-order valence-corrected chi connectivity index (χ3v) is 4.01. The van der Waals surface area contributed by atoms with Crippen LogP contribution in [0, 0.1) is 12.8 Å². The van der Waals surface area contributed by atoms with Crippen molar-refractivity contribution in [1.82, 2.24) is 10.6 Å². The van der Waals surface area contributed by atoms with Crippen molar-refractivity contribution >= 4 is 17.8 Å². The molecule has 0 radical (unpaired) electrons. The maximum Gasteiger partial charge on any atom is 0.339 e. The predicted molar refractivity (Wildman–Crippen MR) is 101 cm³/mol. The second-order valence-corrected chi connectivity index (χ2v) is 6.60. The Morgan fingerprint density at radius 1 is 1.18 bits per heavy atom. The maximum absolute atomic E-state index is 12.5. The van der Waals surface area contributed by atoms with Crippen LogP contribution in [0.3, 0.4) is 0 Å². The van der Waals surface area contributed by atoms with Crippen molar-refractivity contribution in [3.8, 4) is 5.75 Å². The Morgan fingerprint density at radius 3 is 2.43 bits per heavy atom. The third kappa shape index (κ3) is 5.87. The Morgan fingerprint density at radius 2 is 1.86 bits per heavy atom. The summed E-state index contributed by atoms with van der Waals surface area (Å²) in [5.74, 6) is -0.912. The van der Waals surface area contributed by atoms with E-state index >= 15 is 0 Å². The smallest absolute Gasteiger partial charge is 0.339 e. The molecule has 0 aliphatic heterocycles. The molecule has 0 spiro atoms. The normalized spacial score (nSPS) is 11.7. The monoisotopic (exact) mass is 388 g/mol. The second kappa shape index (κ2) is 9.59. The number of carbonyl (C=O) groups is 3. The van der Waals surface area contributed by atoms with Gasteiger partial charge >= 0.3 is 5.97 Å². The second-order valence-electron chi connectivity index (χ2n) is 6.60. The lowest BCUT2D eigenvalue weighted by Gasteiger charge is -2.21. The van der Waals surface area contributed by atoms with Gasteiger partial charge in [0.2, 0.25) is 5.91 Å². The highest BCUT2D eigenvalue weighted by molar-refractivity contribution is 5.89. The minimum absolute atomic E-state index is 0.0204. The van der Waals surface area contributed by atoms with E-state index in [1.807, 2.05) is 19.9 Å². The summed E-state index contributed by atoms with van der Waals surface area (Å²) in [6.07, 6.45) is 0. The number of rotatable bonds is 9. The van der Waals surface area contributed by atoms with Gasteiger partial charge in [-0.3, -0.25) is 9.59 Å². The van der Waals surface area contributed by atoms with E-state index in [9.17, 15) is 14.4 Å². The van der Waals surface area contributed by atoms with Gasteiger partial charge < -0.3 is 24.9 Å². The number of ether oxygens (including phenoxy) is 1. The predicted octanol–water partition coefficient (Wildman–Crippen LogP) is 2.12. The molecule has 1 atom stereocenters. The van der Waals surface area contributed by atoms with Crippen molar-refractivity contribution in [3.63, 3.8) is 0 Å². The summed E-state index contributed by atoms with van der Waals surface area (Å²) in [5, 5.41) is 14.4. The molecule has 1 aromatic heterocycles. The van der Waals surface area contributed by atoms with Crippen LogP contribution in [0.25, 0.3) is 0 Å². The van der Waals surface area contributed by atoms with Crippen molar-refractivity contribution in [1.29, 1.82) is 0 Å². The van der Waals surface area contributed by atoms with E-state index in [0.29, 0.717) is 11.5 Å². The van der Waals surface area contributed by atoms with E-state index in [4.69, 9.17) is 14.3 Å². The minimum atomic E-state index is -1.09. The van der Waals surface area contributed by atoms with Crippen LogP contribution < -0.4 is 15.4 Å². The Hall–Kier alpha value is -3.29. The highest BCUT2D eigenvalue weighted by Gasteiger charge is 2.24. The molecular formula is C20H24N2O6. The third-order valence-electron chi connectivity index (χ3n) is 4.01. The van der Waals surface area contributed by atoms with E-state index < -0.39 is 23.8 Å². The summed E-state index contributed by atoms with van der Waals surface area (Å²) in [7, 11) is 0. The average molecular weight is 388 g/mol. The molecule has 0 bridgehead atoms. The van der Waals surface area contributed by atoms with E-state index in [0.717, 1.165) is 0 Å². The standard InChI is InChI=1S/C20H24N2O6/c1-12(2)18(22-17(23)11-27-14-7-5-4-6-8-14)19(24)21-10-15-9-16(20(25)26)13(3)28-15/h4-9,12,18H,10-11H2,1-3H3,(H,21,24)(H,22,23)(H,25,26). The summed E-state index contributed by atoms with van der Waals surface area (Å²) >= 11 is 0. The lowest BCUT2D eigenvalue weighted by Crippen LogP contribution is -2.50. The van der Waals surface area contributed by atoms with Crippen LogP contribution >= 0.6 is 0 Å². The number of furan rings is 1. The fourth-order valence-corrected chi connectivity index (χ4v) is 2.54. The van der Waals surface area contributed by atoms with Crippen LogP contribution in [-0.4, -0.2) is 35.5 Å². The highest BCUT2D eigenvalue weighted by Crippen LogP contribution is 2.14. The lowest BCUT2D eigenvalue weighted by molar-refractivity contribution is -0.131. The van der Waals surface area contributed by atoms with Gasteiger partial charge in [0, 0.05) is 0 Å². The van der Waals surface area contributed by atoms with E-state index in [-0.39, 0.29) is 30.4 Å². The van der Waals surface area contributed by atoms with Gasteiger partial charge in [0.05, 0.1) is 6.54 Å². The van der Waals surface area contributed by atoms with Crippen LogP contribution in [0.15, 0.2) is 40.8 Å². The number of aryl methyl sites for hydroxylation is 1. The molecule has 1 heterocycles. The number of carboxylic acid groups (broad SMARTS) is 1. The largest absolute Gasteiger partial charge is 0.484 e. The number of amides is 2. The quantitative estimate of drug-likeness (QED) is 0.606. The molecule has 1 unspecified atom stereocenters. The molecule has 28 heavy (non-hydrogen) atoms. The van der Waals surface area contributed by atoms with Gasteiger partial charge in [-0.15, -0.1) is 0 Å². The zero-order chi connectivity index (χ0) is 20.7. The van der Waals surface area contributed by atoms with E-state index in [1.54, 1.807) is 31.2 Å². The minimum Gasteiger partial charge on any atom is -0.484 e. The summed E-state index contributed by atoms with van der Waals surface area (Å²) in [6.45, 7) is 4.97. The number of hydrogen-bond donors (Lipinski definition) is 3. The molecule has 8 nitrogen and oxygen atoms in total. The number of carbonyl (C=O) groups excluding carboxylic acids is 2. The average Bonchev–Trinajstić information content (AvgIpc) is 3.04. The van der Waals surface area contributed by atoms with Gasteiger partial charge in [-0.25, -0.2) is 4.79 Å². The maximum atomic E-state index is 12.5. The first-order chi connectivity index (χ1) is 13.3. The number of benzene rings is 1. The Balaban J connectivity index is 1.89. The number of nitrogens with one attached hydrogen (secondary N) is 2. The first-order valence-electron chi connectivity index (χ1n) is 8.85. The molecule has 0 saturated heterocycles. The molecule has 2 rings (SSSR count). The van der Waals surface area contributed by atoms with Crippen molar-refractivity contribution in [2.24, 2.45) is 5.92 Å². The van der Waals surface area contributed by atoms with Crippen LogP contribution in [-0.2, 0) is 16.1 Å². The van der Waals surface area contributed by atoms with Gasteiger partial charge in [0.1, 0.15) is 28.9 Å². The fourth-order valence-electron chi connectivity index (χ4n) is 2.54.